The van der Waals surface area contributed by atoms with Gasteiger partial charge in [0.25, 0.3) is 0 Å². The molecule has 0 aromatic rings. The highest BCUT2D eigenvalue weighted by Gasteiger charge is 2.25. The maximum Gasteiger partial charge on any atom is 0.305 e. The van der Waals surface area contributed by atoms with Crippen LogP contribution < -0.4 is 0 Å². The van der Waals surface area contributed by atoms with Gasteiger partial charge in [-0.1, -0.05) is 0 Å². The van der Waals surface area contributed by atoms with Crippen molar-refractivity contribution in [2.24, 2.45) is 0 Å². The van der Waals surface area contributed by atoms with Crippen LogP contribution in [0.15, 0.2) is 0 Å². The molecular formula is C10H19NO3S. The number of thioether (sulfide) groups is 1. The van der Waals surface area contributed by atoms with Gasteiger partial charge in [-0.05, 0) is 27.0 Å². The van der Waals surface area contributed by atoms with Gasteiger partial charge in [-0.2, -0.15) is 11.8 Å². The summed E-state index contributed by atoms with van der Waals surface area (Å²) in [6.45, 7) is 6.01. The number of aliphatic carboxylic acids is 1. The molecule has 0 saturated heterocycles. The van der Waals surface area contributed by atoms with E-state index >= 15 is 0 Å². The molecule has 0 bridgehead atoms. The van der Waals surface area contributed by atoms with Gasteiger partial charge in [-0.3, -0.25) is 9.59 Å². The van der Waals surface area contributed by atoms with Gasteiger partial charge in [0, 0.05) is 12.1 Å². The molecule has 0 saturated carbocycles. The predicted molar refractivity (Wildman–Crippen MR) is 62.1 cm³/mol. The minimum Gasteiger partial charge on any atom is -0.481 e. The van der Waals surface area contributed by atoms with Crippen molar-refractivity contribution in [1.82, 2.24) is 4.90 Å². The van der Waals surface area contributed by atoms with Gasteiger partial charge in [0.15, 0.2) is 0 Å². The molecule has 0 aliphatic carbocycles. The summed E-state index contributed by atoms with van der Waals surface area (Å²) in [6.07, 6.45) is 1.85. The Balaban J connectivity index is 4.45. The predicted octanol–water partition coefficient (Wildman–Crippen LogP) is 1.45. The lowest BCUT2D eigenvalue weighted by Crippen LogP contribution is -2.47. The fourth-order valence-electron chi connectivity index (χ4n) is 1.24. The molecule has 0 aliphatic rings. The summed E-state index contributed by atoms with van der Waals surface area (Å²) in [7, 11) is 0. The zero-order valence-corrected chi connectivity index (χ0v) is 10.6. The Labute approximate surface area is 95.0 Å². The van der Waals surface area contributed by atoms with Gasteiger partial charge < -0.3 is 10.0 Å². The lowest BCUT2D eigenvalue weighted by molar-refractivity contribution is -0.139. The van der Waals surface area contributed by atoms with Crippen LogP contribution in [-0.4, -0.2) is 46.0 Å². The molecule has 1 amide bonds. The Bertz CT molecular complexity index is 235. The summed E-state index contributed by atoms with van der Waals surface area (Å²) in [4.78, 5) is 23.8. The molecule has 0 aliphatic heterocycles. The van der Waals surface area contributed by atoms with Gasteiger partial charge >= 0.3 is 5.97 Å². The third-order valence-electron chi connectivity index (χ3n) is 1.93. The van der Waals surface area contributed by atoms with E-state index in [1.807, 2.05) is 27.0 Å². The summed E-state index contributed by atoms with van der Waals surface area (Å²) in [5.74, 6) is -0.478. The van der Waals surface area contributed by atoms with E-state index in [0.717, 1.165) is 0 Å². The zero-order chi connectivity index (χ0) is 12.1. The molecule has 0 unspecified atom stereocenters. The number of rotatable bonds is 5. The van der Waals surface area contributed by atoms with Crippen molar-refractivity contribution >= 4 is 23.6 Å². The summed E-state index contributed by atoms with van der Waals surface area (Å²) in [5.41, 5.74) is -0.317. The number of carbonyl (C=O) groups excluding carboxylic acids is 1. The Morgan fingerprint density at radius 3 is 2.20 bits per heavy atom. The maximum absolute atomic E-state index is 11.7. The topological polar surface area (TPSA) is 57.6 Å². The van der Waals surface area contributed by atoms with E-state index in [1.54, 1.807) is 4.90 Å². The molecule has 0 aromatic heterocycles. The van der Waals surface area contributed by atoms with Crippen molar-refractivity contribution in [3.63, 3.8) is 0 Å². The SMILES string of the molecule is CSCC(=O)N(CCC(=O)O)C(C)(C)C. The Hall–Kier alpha value is -0.710. The Kier molecular flexibility index (Phi) is 5.72. The van der Waals surface area contributed by atoms with Crippen LogP contribution in [0, 0.1) is 0 Å². The molecule has 0 heterocycles. The minimum atomic E-state index is -0.874. The molecule has 0 radical (unpaired) electrons. The Morgan fingerprint density at radius 2 is 1.87 bits per heavy atom. The van der Waals surface area contributed by atoms with Crippen LogP contribution in [0.2, 0.25) is 0 Å². The van der Waals surface area contributed by atoms with Crippen molar-refractivity contribution in [1.29, 1.82) is 0 Å². The van der Waals surface area contributed by atoms with E-state index in [0.29, 0.717) is 5.75 Å². The normalized spacial score (nSPS) is 11.2. The molecule has 0 atom stereocenters. The standard InChI is InChI=1S/C10H19NO3S/c1-10(2,3)11(6-5-9(13)14)8(12)7-15-4/h5-7H2,1-4H3,(H,13,14). The van der Waals surface area contributed by atoms with Crippen molar-refractivity contribution < 1.29 is 14.7 Å². The molecule has 5 heteroatoms. The molecule has 4 nitrogen and oxygen atoms in total. The second-order valence-corrected chi connectivity index (χ2v) is 5.16. The summed E-state index contributed by atoms with van der Waals surface area (Å²) in [6, 6.07) is 0. The van der Waals surface area contributed by atoms with E-state index in [9.17, 15) is 9.59 Å². The van der Waals surface area contributed by atoms with Crippen LogP contribution in [0.5, 0.6) is 0 Å². The molecule has 0 spiro atoms. The molecule has 0 aromatic carbocycles. The van der Waals surface area contributed by atoms with E-state index in [-0.39, 0.29) is 24.4 Å². The number of carboxylic acid groups (broad SMARTS) is 1. The van der Waals surface area contributed by atoms with Crippen LogP contribution in [0.1, 0.15) is 27.2 Å². The van der Waals surface area contributed by atoms with Gasteiger partial charge in [-0.15, -0.1) is 0 Å². The largest absolute Gasteiger partial charge is 0.481 e. The molecular weight excluding hydrogens is 214 g/mol. The second-order valence-electron chi connectivity index (χ2n) is 4.29. The van der Waals surface area contributed by atoms with Crippen LogP contribution in [0.25, 0.3) is 0 Å². The summed E-state index contributed by atoms with van der Waals surface area (Å²) >= 11 is 1.45. The van der Waals surface area contributed by atoms with Gasteiger partial charge in [0.05, 0.1) is 12.2 Å². The van der Waals surface area contributed by atoms with Gasteiger partial charge in [0.2, 0.25) is 5.91 Å². The first kappa shape index (κ1) is 14.3. The number of hydrogen-bond donors (Lipinski definition) is 1. The first-order valence-corrected chi connectivity index (χ1v) is 6.19. The average molecular weight is 233 g/mol. The zero-order valence-electron chi connectivity index (χ0n) is 9.74. The first-order valence-electron chi connectivity index (χ1n) is 4.80. The van der Waals surface area contributed by atoms with Crippen molar-refractivity contribution in [3.05, 3.63) is 0 Å². The molecule has 0 rings (SSSR count). The molecule has 1 N–H and O–H groups in total. The Morgan fingerprint density at radius 1 is 1.33 bits per heavy atom. The fourth-order valence-corrected chi connectivity index (χ4v) is 1.65. The molecule has 0 fully saturated rings. The highest BCUT2D eigenvalue weighted by Crippen LogP contribution is 2.15. The maximum atomic E-state index is 11.7. The number of carboxylic acids is 1. The highest BCUT2D eigenvalue weighted by atomic mass is 32.2. The van der Waals surface area contributed by atoms with E-state index in [2.05, 4.69) is 0 Å². The molecule has 88 valence electrons. The van der Waals surface area contributed by atoms with Crippen molar-refractivity contribution in [2.75, 3.05) is 18.6 Å². The second kappa shape index (κ2) is 6.00. The van der Waals surface area contributed by atoms with Crippen LogP contribution in [-0.2, 0) is 9.59 Å². The summed E-state index contributed by atoms with van der Waals surface area (Å²) in [5, 5.41) is 8.60. The van der Waals surface area contributed by atoms with Gasteiger partial charge in [0.1, 0.15) is 0 Å². The molecule has 15 heavy (non-hydrogen) atoms. The van der Waals surface area contributed by atoms with E-state index in [4.69, 9.17) is 5.11 Å². The van der Waals surface area contributed by atoms with Crippen molar-refractivity contribution in [3.8, 4) is 0 Å². The quantitative estimate of drug-likeness (QED) is 0.781. The minimum absolute atomic E-state index is 0.00259. The summed E-state index contributed by atoms with van der Waals surface area (Å²) < 4.78 is 0. The van der Waals surface area contributed by atoms with Crippen LogP contribution in [0.4, 0.5) is 0 Å². The van der Waals surface area contributed by atoms with Crippen molar-refractivity contribution in [2.45, 2.75) is 32.7 Å². The number of nitrogens with zero attached hydrogens (tertiary/aromatic N) is 1. The smallest absolute Gasteiger partial charge is 0.305 e. The van der Waals surface area contributed by atoms with Gasteiger partial charge in [-0.25, -0.2) is 0 Å². The number of carbonyl (C=O) groups is 2. The average Bonchev–Trinajstić information content (AvgIpc) is 2.01. The third-order valence-corrected chi connectivity index (χ3v) is 2.46. The fraction of sp³-hybridized carbons (Fsp3) is 0.800. The van der Waals surface area contributed by atoms with Crippen LogP contribution in [0.3, 0.4) is 0 Å². The third kappa shape index (κ3) is 5.67. The monoisotopic (exact) mass is 233 g/mol. The van der Waals surface area contributed by atoms with E-state index < -0.39 is 5.97 Å². The first-order chi connectivity index (χ1) is 6.79. The highest BCUT2D eigenvalue weighted by molar-refractivity contribution is 7.99. The van der Waals surface area contributed by atoms with E-state index in [1.165, 1.54) is 11.8 Å². The lowest BCUT2D eigenvalue weighted by atomic mass is 10.1. The van der Waals surface area contributed by atoms with Crippen LogP contribution >= 0.6 is 11.8 Å². The number of amides is 1. The lowest BCUT2D eigenvalue weighted by Gasteiger charge is -2.35. The number of hydrogen-bond acceptors (Lipinski definition) is 3.